The van der Waals surface area contributed by atoms with E-state index in [4.69, 9.17) is 9.84 Å². The van der Waals surface area contributed by atoms with Gasteiger partial charge >= 0.3 is 27.6 Å². The highest BCUT2D eigenvalue weighted by Crippen LogP contribution is 2.42. The number of esters is 1. The zero-order valence-electron chi connectivity index (χ0n) is 17.5. The molecule has 2 aliphatic rings. The third-order valence-electron chi connectivity index (χ3n) is 5.99. The van der Waals surface area contributed by atoms with Crippen molar-refractivity contribution >= 4 is 22.1 Å². The molecule has 1 aromatic carbocycles. The van der Waals surface area contributed by atoms with E-state index in [-0.39, 0.29) is 36.5 Å². The number of alkyl halides is 3. The third-order valence-corrected chi connectivity index (χ3v) is 6.94. The van der Waals surface area contributed by atoms with Gasteiger partial charge in [0, 0.05) is 11.1 Å². The number of rotatable bonds is 7. The second-order valence-corrected chi connectivity index (χ2v) is 9.39. The number of allylic oxidation sites excluding steroid dienone is 2. The Balaban J connectivity index is 2.15. The van der Waals surface area contributed by atoms with E-state index in [1.807, 2.05) is 0 Å². The molecule has 0 radical (unpaired) electrons. The van der Waals surface area contributed by atoms with E-state index in [1.165, 1.54) is 0 Å². The average molecular weight is 476 g/mol. The van der Waals surface area contributed by atoms with Crippen molar-refractivity contribution in [2.45, 2.75) is 64.5 Å². The van der Waals surface area contributed by atoms with E-state index in [0.29, 0.717) is 36.0 Å². The lowest BCUT2D eigenvalue weighted by atomic mass is 9.88. The Kier molecular flexibility index (Phi) is 6.60. The Hall–Kier alpha value is -2.56. The molecule has 1 unspecified atom stereocenters. The molecule has 1 atom stereocenters. The zero-order valence-corrected chi connectivity index (χ0v) is 18.4. The van der Waals surface area contributed by atoms with E-state index in [9.17, 15) is 31.2 Å². The first-order valence-electron chi connectivity index (χ1n) is 10.1. The summed E-state index contributed by atoms with van der Waals surface area (Å²) < 4.78 is 72.3. The van der Waals surface area contributed by atoms with Crippen LogP contribution in [-0.2, 0) is 39.1 Å². The van der Waals surface area contributed by atoms with Gasteiger partial charge in [0.2, 0.25) is 0 Å². The Labute approximate surface area is 183 Å². The summed E-state index contributed by atoms with van der Waals surface area (Å²) >= 11 is 0. The number of benzene rings is 1. The van der Waals surface area contributed by atoms with Crippen molar-refractivity contribution < 1.29 is 45.2 Å². The first-order chi connectivity index (χ1) is 14.9. The maximum Gasteiger partial charge on any atom is 0.534 e. The number of hydrogen-bond donors (Lipinski definition) is 1. The van der Waals surface area contributed by atoms with Crippen LogP contribution >= 0.6 is 0 Å². The van der Waals surface area contributed by atoms with Crippen molar-refractivity contribution in [1.82, 2.24) is 0 Å². The number of carboxylic acids is 1. The van der Waals surface area contributed by atoms with Gasteiger partial charge in [-0.15, -0.1) is 0 Å². The fourth-order valence-corrected chi connectivity index (χ4v) is 4.96. The molecule has 0 bridgehead atoms. The first kappa shape index (κ1) is 24.1. The maximum atomic E-state index is 13.1. The third kappa shape index (κ3) is 4.48. The monoisotopic (exact) mass is 476 g/mol. The van der Waals surface area contributed by atoms with Gasteiger partial charge in [0.25, 0.3) is 0 Å². The summed E-state index contributed by atoms with van der Waals surface area (Å²) in [4.78, 5) is 23.4. The molecular formula is C21H23F3O7S. The van der Waals surface area contributed by atoms with Gasteiger partial charge in [0.05, 0.1) is 6.42 Å². The standard InChI is InChI=1S/C21H23F3O7S/c1-3-14-11(2)16-10-30-20(27)18(16)19(31-32(28,29)21(22,23)24)15(14)8-7-12-5-4-6-13(12)9-17(25)26/h7,13H,3-6,8-10H2,1-2H3,(H,25,26). The second kappa shape index (κ2) is 8.76. The minimum Gasteiger partial charge on any atom is -0.481 e. The highest BCUT2D eigenvalue weighted by Gasteiger charge is 2.50. The van der Waals surface area contributed by atoms with E-state index in [0.717, 1.165) is 12.0 Å². The van der Waals surface area contributed by atoms with Crippen molar-refractivity contribution in [3.05, 3.63) is 39.5 Å². The van der Waals surface area contributed by atoms with Gasteiger partial charge in [-0.1, -0.05) is 18.6 Å². The predicted octanol–water partition coefficient (Wildman–Crippen LogP) is 4.20. The minimum absolute atomic E-state index is 0.00125. The van der Waals surface area contributed by atoms with E-state index < -0.39 is 33.3 Å². The number of aliphatic carboxylic acids is 1. The second-order valence-electron chi connectivity index (χ2n) is 7.85. The van der Waals surface area contributed by atoms with Crippen LogP contribution in [0.4, 0.5) is 13.2 Å². The van der Waals surface area contributed by atoms with Crippen molar-refractivity contribution in [3.63, 3.8) is 0 Å². The van der Waals surface area contributed by atoms with E-state index in [2.05, 4.69) is 4.18 Å². The number of carbonyl (C=O) groups is 2. The molecule has 1 aromatic rings. The van der Waals surface area contributed by atoms with Crippen LogP contribution in [0.25, 0.3) is 0 Å². The normalized spacial score (nSPS) is 19.8. The van der Waals surface area contributed by atoms with Gasteiger partial charge in [-0.3, -0.25) is 4.79 Å². The summed E-state index contributed by atoms with van der Waals surface area (Å²) in [5, 5.41) is 9.11. The topological polar surface area (TPSA) is 107 Å². The van der Waals surface area contributed by atoms with Gasteiger partial charge in [0.1, 0.15) is 12.2 Å². The number of carbonyl (C=O) groups excluding carboxylic acids is 1. The molecule has 0 amide bonds. The zero-order chi connectivity index (χ0) is 23.8. The van der Waals surface area contributed by atoms with Crippen LogP contribution in [-0.4, -0.2) is 31.0 Å². The molecule has 3 rings (SSSR count). The minimum atomic E-state index is -6.03. The van der Waals surface area contributed by atoms with E-state index in [1.54, 1.807) is 19.9 Å². The molecule has 1 heterocycles. The Morgan fingerprint density at radius 3 is 2.59 bits per heavy atom. The maximum absolute atomic E-state index is 13.1. The van der Waals surface area contributed by atoms with Crippen molar-refractivity contribution in [2.75, 3.05) is 0 Å². The number of halogens is 3. The molecule has 1 saturated carbocycles. The number of cyclic esters (lactones) is 1. The molecule has 32 heavy (non-hydrogen) atoms. The van der Waals surface area contributed by atoms with Crippen LogP contribution in [0.3, 0.4) is 0 Å². The number of hydrogen-bond acceptors (Lipinski definition) is 6. The number of fused-ring (bicyclic) bond motifs is 1. The Morgan fingerprint density at radius 2 is 2.00 bits per heavy atom. The van der Waals surface area contributed by atoms with Gasteiger partial charge in [-0.2, -0.15) is 21.6 Å². The smallest absolute Gasteiger partial charge is 0.481 e. The molecule has 0 spiro atoms. The van der Waals surface area contributed by atoms with Gasteiger partial charge in [-0.05, 0) is 56.1 Å². The summed E-state index contributed by atoms with van der Waals surface area (Å²) in [6, 6.07) is 0. The highest BCUT2D eigenvalue weighted by molar-refractivity contribution is 7.88. The van der Waals surface area contributed by atoms with Gasteiger partial charge in [0.15, 0.2) is 5.75 Å². The molecule has 0 aromatic heterocycles. The lowest BCUT2D eigenvalue weighted by Crippen LogP contribution is -2.29. The number of ether oxygens (including phenoxy) is 1. The molecule has 11 heteroatoms. The fraction of sp³-hybridized carbons (Fsp3) is 0.524. The van der Waals surface area contributed by atoms with E-state index >= 15 is 0 Å². The molecule has 1 aliphatic carbocycles. The van der Waals surface area contributed by atoms with Crippen LogP contribution in [0.2, 0.25) is 0 Å². The molecule has 7 nitrogen and oxygen atoms in total. The van der Waals surface area contributed by atoms with Crippen molar-refractivity contribution in [1.29, 1.82) is 0 Å². The fourth-order valence-electron chi connectivity index (χ4n) is 4.46. The highest BCUT2D eigenvalue weighted by atomic mass is 32.2. The molecule has 0 saturated heterocycles. The van der Waals surface area contributed by atoms with Gasteiger partial charge < -0.3 is 14.0 Å². The average Bonchev–Trinajstić information content (AvgIpc) is 3.27. The van der Waals surface area contributed by atoms with Crippen LogP contribution in [0.15, 0.2) is 11.6 Å². The van der Waals surface area contributed by atoms with Crippen LogP contribution in [0.1, 0.15) is 65.2 Å². The summed E-state index contributed by atoms with van der Waals surface area (Å²) in [6.07, 6.45) is 4.11. The largest absolute Gasteiger partial charge is 0.534 e. The van der Waals surface area contributed by atoms with Crippen LogP contribution in [0.5, 0.6) is 5.75 Å². The van der Waals surface area contributed by atoms with Crippen molar-refractivity contribution in [2.24, 2.45) is 5.92 Å². The number of carboxylic acid groups (broad SMARTS) is 1. The molecular weight excluding hydrogens is 453 g/mol. The molecule has 176 valence electrons. The Morgan fingerprint density at radius 1 is 1.31 bits per heavy atom. The summed E-state index contributed by atoms with van der Waals surface area (Å²) in [5.41, 5.74) is -3.47. The molecule has 1 N–H and O–H groups in total. The summed E-state index contributed by atoms with van der Waals surface area (Å²) in [5.74, 6) is -2.75. The lowest BCUT2D eigenvalue weighted by Gasteiger charge is -2.20. The lowest BCUT2D eigenvalue weighted by molar-refractivity contribution is -0.137. The van der Waals surface area contributed by atoms with Crippen LogP contribution in [0, 0.1) is 12.8 Å². The summed E-state index contributed by atoms with van der Waals surface area (Å²) in [7, 11) is -6.03. The van der Waals surface area contributed by atoms with Crippen molar-refractivity contribution in [3.8, 4) is 5.75 Å². The summed E-state index contributed by atoms with van der Waals surface area (Å²) in [6.45, 7) is 3.27. The Bertz CT molecular complexity index is 1090. The molecule has 1 aliphatic heterocycles. The quantitative estimate of drug-likeness (QED) is 0.272. The van der Waals surface area contributed by atoms with Gasteiger partial charge in [-0.25, -0.2) is 4.79 Å². The molecule has 1 fully saturated rings. The first-order valence-corrected chi connectivity index (χ1v) is 11.5. The predicted molar refractivity (Wildman–Crippen MR) is 107 cm³/mol. The SMILES string of the molecule is CCc1c(C)c2c(c(OS(=O)(=O)C(F)(F)F)c1CC=C1CCCC1CC(=O)O)C(=O)OC2. The van der Waals surface area contributed by atoms with Crippen LogP contribution < -0.4 is 4.18 Å².